The fourth-order valence-electron chi connectivity index (χ4n) is 4.07. The zero-order valence-corrected chi connectivity index (χ0v) is 17.3. The van der Waals surface area contributed by atoms with E-state index in [-0.39, 0.29) is 12.2 Å². The number of hydrogen-bond acceptors (Lipinski definition) is 5. The average molecular weight is 402 g/mol. The summed E-state index contributed by atoms with van der Waals surface area (Å²) in [5, 5.41) is 0. The highest BCUT2D eigenvalue weighted by Gasteiger charge is 2.41. The van der Waals surface area contributed by atoms with Crippen LogP contribution in [0.25, 0.3) is 11.3 Å². The monoisotopic (exact) mass is 401 g/mol. The Balaban J connectivity index is 1.23. The molecule has 154 valence electrons. The lowest BCUT2D eigenvalue weighted by Gasteiger charge is -2.26. The van der Waals surface area contributed by atoms with E-state index in [0.717, 1.165) is 61.9 Å². The van der Waals surface area contributed by atoms with Gasteiger partial charge in [0, 0.05) is 43.5 Å². The zero-order chi connectivity index (χ0) is 20.3. The highest BCUT2D eigenvalue weighted by molar-refractivity contribution is 5.60. The molecule has 2 aliphatic heterocycles. The number of epoxide rings is 1. The van der Waals surface area contributed by atoms with Gasteiger partial charge in [0.25, 0.3) is 0 Å². The van der Waals surface area contributed by atoms with Crippen molar-refractivity contribution in [2.75, 3.05) is 26.3 Å². The zero-order valence-electron chi connectivity index (χ0n) is 17.3. The molecule has 5 nitrogen and oxygen atoms in total. The molecule has 2 aromatic heterocycles. The van der Waals surface area contributed by atoms with Crippen molar-refractivity contribution in [3.05, 3.63) is 83.3 Å². The van der Waals surface area contributed by atoms with Gasteiger partial charge < -0.3 is 9.47 Å². The van der Waals surface area contributed by atoms with E-state index in [2.05, 4.69) is 51.3 Å². The third-order valence-corrected chi connectivity index (χ3v) is 5.80. The predicted molar refractivity (Wildman–Crippen MR) is 116 cm³/mol. The van der Waals surface area contributed by atoms with Crippen molar-refractivity contribution in [3.8, 4) is 11.3 Å². The second-order valence-corrected chi connectivity index (χ2v) is 8.14. The summed E-state index contributed by atoms with van der Waals surface area (Å²) in [4.78, 5) is 11.6. The number of morpholine rings is 1. The van der Waals surface area contributed by atoms with Crippen LogP contribution in [0.3, 0.4) is 0 Å². The standard InChI is InChI=1S/C25H27N3O2/c1-18-3-2-4-22(27-18)25-24(30-25)16-20-9-10-26-23(15-20)21-7-5-19(6-8-21)17-28-11-13-29-14-12-28/h2-10,15,24-25H,11-14,16-17H2,1H3. The van der Waals surface area contributed by atoms with E-state index in [4.69, 9.17) is 9.47 Å². The second-order valence-electron chi connectivity index (χ2n) is 8.14. The van der Waals surface area contributed by atoms with E-state index in [1.165, 1.54) is 11.1 Å². The first kappa shape index (κ1) is 19.4. The summed E-state index contributed by atoms with van der Waals surface area (Å²) in [7, 11) is 0. The minimum Gasteiger partial charge on any atom is -0.379 e. The summed E-state index contributed by atoms with van der Waals surface area (Å²) in [6.45, 7) is 6.68. The number of nitrogens with zero attached hydrogens (tertiary/aromatic N) is 3. The van der Waals surface area contributed by atoms with E-state index >= 15 is 0 Å². The molecule has 2 atom stereocenters. The molecule has 2 aliphatic rings. The third-order valence-electron chi connectivity index (χ3n) is 5.80. The lowest BCUT2D eigenvalue weighted by atomic mass is 10.0. The number of aryl methyl sites for hydroxylation is 1. The van der Waals surface area contributed by atoms with Crippen molar-refractivity contribution >= 4 is 0 Å². The molecule has 2 unspecified atom stereocenters. The van der Waals surface area contributed by atoms with Gasteiger partial charge in [0.2, 0.25) is 0 Å². The minimum atomic E-state index is 0.112. The fraction of sp³-hybridized carbons (Fsp3) is 0.360. The highest BCUT2D eigenvalue weighted by Crippen LogP contribution is 2.40. The van der Waals surface area contributed by atoms with Crippen molar-refractivity contribution in [1.29, 1.82) is 0 Å². The molecule has 0 N–H and O–H groups in total. The Morgan fingerprint density at radius 1 is 1.00 bits per heavy atom. The van der Waals surface area contributed by atoms with Crippen LogP contribution in [0.1, 0.15) is 28.6 Å². The molecule has 0 bridgehead atoms. The molecule has 4 heterocycles. The third kappa shape index (κ3) is 4.59. The van der Waals surface area contributed by atoms with Gasteiger partial charge in [-0.1, -0.05) is 30.3 Å². The van der Waals surface area contributed by atoms with Crippen LogP contribution in [0.4, 0.5) is 0 Å². The van der Waals surface area contributed by atoms with Gasteiger partial charge in [0.15, 0.2) is 0 Å². The summed E-state index contributed by atoms with van der Waals surface area (Å²) < 4.78 is 11.3. The molecule has 5 rings (SSSR count). The van der Waals surface area contributed by atoms with E-state index < -0.39 is 0 Å². The SMILES string of the molecule is Cc1cccc(C2OC2Cc2ccnc(-c3ccc(CN4CCOCC4)cc3)c2)n1. The molecule has 3 aromatic rings. The molecule has 0 radical (unpaired) electrons. The summed E-state index contributed by atoms with van der Waals surface area (Å²) in [5.41, 5.74) is 6.80. The van der Waals surface area contributed by atoms with Crippen LogP contribution in [0.2, 0.25) is 0 Å². The number of benzene rings is 1. The average Bonchev–Trinajstić information content (AvgIpc) is 3.54. The van der Waals surface area contributed by atoms with Crippen molar-refractivity contribution < 1.29 is 9.47 Å². The normalized spacial score (nSPS) is 21.5. The molecular formula is C25H27N3O2. The largest absolute Gasteiger partial charge is 0.379 e. The first-order valence-electron chi connectivity index (χ1n) is 10.7. The Bertz CT molecular complexity index is 999. The second kappa shape index (κ2) is 8.64. The van der Waals surface area contributed by atoms with Gasteiger partial charge in [0.1, 0.15) is 6.10 Å². The van der Waals surface area contributed by atoms with Gasteiger partial charge >= 0.3 is 0 Å². The lowest BCUT2D eigenvalue weighted by Crippen LogP contribution is -2.35. The van der Waals surface area contributed by atoms with Crippen LogP contribution in [0, 0.1) is 6.92 Å². The van der Waals surface area contributed by atoms with Gasteiger partial charge in [-0.05, 0) is 42.3 Å². The van der Waals surface area contributed by atoms with Gasteiger partial charge in [-0.2, -0.15) is 0 Å². The smallest absolute Gasteiger partial charge is 0.126 e. The maximum Gasteiger partial charge on any atom is 0.126 e. The Labute approximate surface area is 177 Å². The molecule has 2 fully saturated rings. The van der Waals surface area contributed by atoms with Crippen molar-refractivity contribution in [2.45, 2.75) is 32.1 Å². The number of aromatic nitrogens is 2. The molecule has 5 heteroatoms. The molecular weight excluding hydrogens is 374 g/mol. The summed E-state index contributed by atoms with van der Waals surface area (Å²) >= 11 is 0. The predicted octanol–water partition coefficient (Wildman–Crippen LogP) is 3.97. The highest BCUT2D eigenvalue weighted by atomic mass is 16.6. The Kier molecular flexibility index (Phi) is 5.58. The Morgan fingerprint density at radius 3 is 2.63 bits per heavy atom. The van der Waals surface area contributed by atoms with Gasteiger partial charge in [-0.3, -0.25) is 14.9 Å². The van der Waals surface area contributed by atoms with Crippen LogP contribution < -0.4 is 0 Å². The maximum absolute atomic E-state index is 5.90. The van der Waals surface area contributed by atoms with E-state index in [9.17, 15) is 0 Å². The maximum atomic E-state index is 5.90. The van der Waals surface area contributed by atoms with Crippen molar-refractivity contribution in [2.24, 2.45) is 0 Å². The van der Waals surface area contributed by atoms with Crippen LogP contribution in [-0.2, 0) is 22.4 Å². The van der Waals surface area contributed by atoms with Crippen LogP contribution in [-0.4, -0.2) is 47.3 Å². The van der Waals surface area contributed by atoms with Crippen LogP contribution >= 0.6 is 0 Å². The van der Waals surface area contributed by atoms with Crippen molar-refractivity contribution in [1.82, 2.24) is 14.9 Å². The van der Waals surface area contributed by atoms with E-state index in [0.29, 0.717) is 0 Å². The quantitative estimate of drug-likeness (QED) is 0.585. The molecule has 2 saturated heterocycles. The number of rotatable bonds is 6. The van der Waals surface area contributed by atoms with E-state index in [1.807, 2.05) is 31.3 Å². The summed E-state index contributed by atoms with van der Waals surface area (Å²) in [6.07, 6.45) is 3.09. The number of pyridine rings is 2. The summed E-state index contributed by atoms with van der Waals surface area (Å²) in [5.74, 6) is 0. The first-order valence-corrected chi connectivity index (χ1v) is 10.7. The topological polar surface area (TPSA) is 50.8 Å². The lowest BCUT2D eigenvalue weighted by molar-refractivity contribution is 0.0342. The Morgan fingerprint density at radius 2 is 1.83 bits per heavy atom. The molecule has 0 aliphatic carbocycles. The fourth-order valence-corrected chi connectivity index (χ4v) is 4.07. The minimum absolute atomic E-state index is 0.112. The molecule has 0 spiro atoms. The van der Waals surface area contributed by atoms with Crippen molar-refractivity contribution in [3.63, 3.8) is 0 Å². The number of ether oxygens (including phenoxy) is 2. The van der Waals surface area contributed by atoms with Gasteiger partial charge in [0.05, 0.1) is 30.7 Å². The molecule has 0 saturated carbocycles. The molecule has 1 aromatic carbocycles. The molecule has 30 heavy (non-hydrogen) atoms. The van der Waals surface area contributed by atoms with E-state index in [1.54, 1.807) is 0 Å². The number of hydrogen-bond donors (Lipinski definition) is 0. The van der Waals surface area contributed by atoms with Gasteiger partial charge in [-0.15, -0.1) is 0 Å². The van der Waals surface area contributed by atoms with Crippen LogP contribution in [0.15, 0.2) is 60.8 Å². The molecule has 0 amide bonds. The first-order chi connectivity index (χ1) is 14.7. The van der Waals surface area contributed by atoms with Crippen LogP contribution in [0.5, 0.6) is 0 Å². The van der Waals surface area contributed by atoms with Gasteiger partial charge in [-0.25, -0.2) is 0 Å². The summed E-state index contributed by atoms with van der Waals surface area (Å²) in [6, 6.07) is 19.1. The Hall–Kier alpha value is -2.60.